The lowest BCUT2D eigenvalue weighted by atomic mass is 9.92. The van der Waals surface area contributed by atoms with Gasteiger partial charge in [0, 0.05) is 28.1 Å². The van der Waals surface area contributed by atoms with Crippen LogP contribution in [-0.4, -0.2) is 24.9 Å². The van der Waals surface area contributed by atoms with E-state index in [4.69, 9.17) is 24.9 Å². The van der Waals surface area contributed by atoms with Gasteiger partial charge in [0.15, 0.2) is 23.3 Å². The van der Waals surface area contributed by atoms with Crippen LogP contribution < -0.4 is 0 Å². The fraction of sp³-hybridized carbons (Fsp3) is 0.0682. The molecule has 0 aliphatic carbocycles. The Balaban J connectivity index is 1.46. The molecule has 7 aromatic rings. The van der Waals surface area contributed by atoms with Gasteiger partial charge in [-0.25, -0.2) is 24.9 Å². The second-order valence-electron chi connectivity index (χ2n) is 12.0. The Labute approximate surface area is 287 Å². The Morgan fingerprint density at radius 1 is 0.510 bits per heavy atom. The van der Waals surface area contributed by atoms with Crippen LogP contribution in [0.2, 0.25) is 0 Å². The number of aromatic nitrogens is 5. The van der Waals surface area contributed by atoms with Crippen molar-refractivity contribution in [2.75, 3.05) is 0 Å². The zero-order valence-corrected chi connectivity index (χ0v) is 27.8. The molecule has 0 spiro atoms. The minimum absolute atomic E-state index is 0.599. The highest BCUT2D eigenvalue weighted by atomic mass is 15.0. The smallest absolute Gasteiger partial charge is 0.164 e. The summed E-state index contributed by atoms with van der Waals surface area (Å²) in [6.07, 6.45) is 7.58. The van der Waals surface area contributed by atoms with Crippen molar-refractivity contribution in [3.8, 4) is 56.4 Å². The van der Waals surface area contributed by atoms with Gasteiger partial charge in [-0.2, -0.15) is 0 Å². The van der Waals surface area contributed by atoms with Gasteiger partial charge in [-0.05, 0) is 89.7 Å². The first-order valence-electron chi connectivity index (χ1n) is 16.3. The monoisotopic (exact) mass is 633 g/mol. The van der Waals surface area contributed by atoms with Crippen LogP contribution in [0.25, 0.3) is 72.8 Å². The summed E-state index contributed by atoms with van der Waals surface area (Å²) in [5.74, 6) is 2.55. The van der Waals surface area contributed by atoms with Gasteiger partial charge in [-0.3, -0.25) is 0 Å². The van der Waals surface area contributed by atoms with Crippen LogP contribution in [0.5, 0.6) is 0 Å². The number of hydrogen-bond donors (Lipinski definition) is 0. The highest BCUT2D eigenvalue weighted by Crippen LogP contribution is 2.36. The van der Waals surface area contributed by atoms with Gasteiger partial charge in [0.2, 0.25) is 0 Å². The summed E-state index contributed by atoms with van der Waals surface area (Å²) < 4.78 is 0. The zero-order chi connectivity index (χ0) is 33.7. The fourth-order valence-corrected chi connectivity index (χ4v) is 6.00. The number of hydrogen-bond acceptors (Lipinski definition) is 5. The third kappa shape index (κ3) is 6.87. The Morgan fingerprint density at radius 2 is 1.10 bits per heavy atom. The fourth-order valence-electron chi connectivity index (χ4n) is 6.00. The molecule has 5 heteroatoms. The molecule has 0 N–H and O–H groups in total. The molecule has 0 aliphatic rings. The van der Waals surface area contributed by atoms with Gasteiger partial charge in [0.25, 0.3) is 0 Å². The summed E-state index contributed by atoms with van der Waals surface area (Å²) in [4.78, 5) is 24.5. The first kappa shape index (κ1) is 31.3. The number of allylic oxidation sites excluding steroid dienone is 5. The maximum absolute atomic E-state index is 5.07. The van der Waals surface area contributed by atoms with Gasteiger partial charge in [-0.1, -0.05) is 122 Å². The minimum atomic E-state index is 0.599. The molecule has 0 saturated carbocycles. The highest BCUT2D eigenvalue weighted by Gasteiger charge is 2.16. The third-order valence-corrected chi connectivity index (χ3v) is 8.34. The molecule has 0 amide bonds. The molecule has 5 nitrogen and oxygen atoms in total. The summed E-state index contributed by atoms with van der Waals surface area (Å²) in [6.45, 7) is 9.81. The van der Waals surface area contributed by atoms with Crippen LogP contribution in [0.4, 0.5) is 0 Å². The van der Waals surface area contributed by atoms with Gasteiger partial charge in [-0.15, -0.1) is 0 Å². The van der Waals surface area contributed by atoms with Crippen molar-refractivity contribution in [3.05, 3.63) is 169 Å². The molecule has 0 bridgehead atoms. The molecule has 0 unspecified atom stereocenters. The van der Waals surface area contributed by atoms with Crippen LogP contribution in [0, 0.1) is 13.8 Å². The van der Waals surface area contributed by atoms with Crippen molar-refractivity contribution in [1.82, 2.24) is 24.9 Å². The molecule has 5 aromatic carbocycles. The van der Waals surface area contributed by atoms with Crippen molar-refractivity contribution in [1.29, 1.82) is 0 Å². The minimum Gasteiger partial charge on any atom is -0.233 e. The molecule has 0 aliphatic heterocycles. The Morgan fingerprint density at radius 3 is 1.90 bits per heavy atom. The van der Waals surface area contributed by atoms with Crippen LogP contribution in [-0.2, 0) is 0 Å². The summed E-state index contributed by atoms with van der Waals surface area (Å²) in [6, 6.07) is 42.0. The van der Waals surface area contributed by atoms with E-state index in [0.29, 0.717) is 23.3 Å². The summed E-state index contributed by atoms with van der Waals surface area (Å²) >= 11 is 0. The van der Waals surface area contributed by atoms with E-state index in [-0.39, 0.29) is 0 Å². The maximum Gasteiger partial charge on any atom is 0.164 e. The molecular weight excluding hydrogens is 599 g/mol. The lowest BCUT2D eigenvalue weighted by Crippen LogP contribution is -2.02. The number of fused-ring (bicyclic) bond motifs is 1. The van der Waals surface area contributed by atoms with Crippen molar-refractivity contribution in [2.24, 2.45) is 0 Å². The molecule has 0 radical (unpaired) electrons. The number of benzene rings is 5. The average molecular weight is 634 g/mol. The van der Waals surface area contributed by atoms with E-state index < -0.39 is 0 Å². The van der Waals surface area contributed by atoms with E-state index in [1.165, 1.54) is 10.8 Å². The lowest BCUT2D eigenvalue weighted by Gasteiger charge is -2.14. The molecule has 0 fully saturated rings. The lowest BCUT2D eigenvalue weighted by molar-refractivity contribution is 1.03. The SMILES string of the molecule is C=C/C=C\C=C(/C)c1nc(-c2ccccc2)nc(-c2cc(-c3cccc(-c4nc(C)cc(C)n4)c3)cc(-c3cccc4ccccc34)c2)n1. The van der Waals surface area contributed by atoms with Gasteiger partial charge >= 0.3 is 0 Å². The second-order valence-corrected chi connectivity index (χ2v) is 12.0. The average Bonchev–Trinajstić information content (AvgIpc) is 3.14. The maximum atomic E-state index is 5.07. The van der Waals surface area contributed by atoms with Crippen LogP contribution in [0.3, 0.4) is 0 Å². The molecule has 7 rings (SSSR count). The quantitative estimate of drug-likeness (QED) is 0.156. The first-order chi connectivity index (χ1) is 23.9. The highest BCUT2D eigenvalue weighted by molar-refractivity contribution is 5.98. The number of rotatable bonds is 8. The summed E-state index contributed by atoms with van der Waals surface area (Å²) in [5.41, 5.74) is 9.88. The van der Waals surface area contributed by atoms with Crippen molar-refractivity contribution >= 4 is 16.3 Å². The van der Waals surface area contributed by atoms with Crippen molar-refractivity contribution in [2.45, 2.75) is 20.8 Å². The van der Waals surface area contributed by atoms with Gasteiger partial charge in [0.05, 0.1) is 0 Å². The van der Waals surface area contributed by atoms with Crippen LogP contribution in [0.15, 0.2) is 152 Å². The largest absolute Gasteiger partial charge is 0.233 e. The van der Waals surface area contributed by atoms with E-state index >= 15 is 0 Å². The molecule has 0 saturated heterocycles. The van der Waals surface area contributed by atoms with E-state index in [9.17, 15) is 0 Å². The van der Waals surface area contributed by atoms with Gasteiger partial charge < -0.3 is 0 Å². The molecule has 236 valence electrons. The summed E-state index contributed by atoms with van der Waals surface area (Å²) in [7, 11) is 0. The van der Waals surface area contributed by atoms with Crippen LogP contribution in [0.1, 0.15) is 24.1 Å². The zero-order valence-electron chi connectivity index (χ0n) is 27.8. The van der Waals surface area contributed by atoms with E-state index in [1.807, 2.05) is 75.4 Å². The first-order valence-corrected chi connectivity index (χ1v) is 16.3. The molecule has 0 atom stereocenters. The summed E-state index contributed by atoms with van der Waals surface area (Å²) in [5, 5.41) is 2.36. The molecular formula is C44H35N5. The Bertz CT molecular complexity index is 2360. The van der Waals surface area contributed by atoms with Gasteiger partial charge in [0.1, 0.15) is 0 Å². The third-order valence-electron chi connectivity index (χ3n) is 8.34. The van der Waals surface area contributed by atoms with E-state index in [2.05, 4.69) is 91.5 Å². The Hall–Kier alpha value is -6.33. The normalized spacial score (nSPS) is 11.7. The van der Waals surface area contributed by atoms with Crippen molar-refractivity contribution in [3.63, 3.8) is 0 Å². The standard InChI is InChI=1S/C44H35N5/c1-5-6-8-15-29(2)41-47-42(33-17-9-7-10-18-33)49-44(48-41)38-27-36(26-37(28-38)40-23-14-19-32-16-11-12-22-39(32)40)34-20-13-21-35(25-34)43-45-30(3)24-31(4)46-43/h5-28H,1H2,2-4H3/b8-6-,29-15+. The molecule has 2 aromatic heterocycles. The van der Waals surface area contributed by atoms with E-state index in [0.717, 1.165) is 55.9 Å². The number of nitrogens with zero attached hydrogens (tertiary/aromatic N) is 5. The second kappa shape index (κ2) is 13.8. The Kier molecular flexibility index (Phi) is 8.81. The predicted molar refractivity (Wildman–Crippen MR) is 203 cm³/mol. The van der Waals surface area contributed by atoms with Crippen molar-refractivity contribution < 1.29 is 0 Å². The van der Waals surface area contributed by atoms with E-state index in [1.54, 1.807) is 6.08 Å². The molecule has 49 heavy (non-hydrogen) atoms. The number of aryl methyl sites for hydroxylation is 2. The molecule has 2 heterocycles. The topological polar surface area (TPSA) is 64.5 Å². The predicted octanol–water partition coefficient (Wildman–Crippen LogP) is 10.9. The van der Waals surface area contributed by atoms with Crippen LogP contribution >= 0.6 is 0 Å².